The first-order valence-electron chi connectivity index (χ1n) is 5.49. The molecule has 2 rings (SSSR count). The Bertz CT molecular complexity index is 664. The summed E-state index contributed by atoms with van der Waals surface area (Å²) in [4.78, 5) is 9.96. The standard InChI is InChI=1S/C12H10N4O3S/c13-12(20)15-14-7-8-1-3-9(4-2-8)10-5-6-11(19-10)16(17)18/h1-7H,(H3,13,15,20)/b14-7+. The number of hydrazone groups is 1. The summed E-state index contributed by atoms with van der Waals surface area (Å²) in [7, 11) is 0. The van der Waals surface area contributed by atoms with E-state index >= 15 is 0 Å². The molecule has 0 unspecified atom stereocenters. The first-order chi connectivity index (χ1) is 9.56. The molecule has 1 heterocycles. The maximum absolute atomic E-state index is 10.5. The zero-order valence-corrected chi connectivity index (χ0v) is 11.0. The van der Waals surface area contributed by atoms with Gasteiger partial charge in [0.25, 0.3) is 0 Å². The molecular formula is C12H10N4O3S. The maximum atomic E-state index is 10.5. The molecule has 2 aromatic rings. The van der Waals surface area contributed by atoms with E-state index in [0.717, 1.165) is 11.1 Å². The van der Waals surface area contributed by atoms with Gasteiger partial charge in [0.15, 0.2) is 5.11 Å². The Hall–Kier alpha value is -2.74. The van der Waals surface area contributed by atoms with Gasteiger partial charge in [-0.1, -0.05) is 24.3 Å². The van der Waals surface area contributed by atoms with Crippen LogP contribution in [0.3, 0.4) is 0 Å². The highest BCUT2D eigenvalue weighted by molar-refractivity contribution is 7.80. The van der Waals surface area contributed by atoms with Crippen LogP contribution in [0.2, 0.25) is 0 Å². The van der Waals surface area contributed by atoms with Crippen LogP contribution in [0.25, 0.3) is 11.3 Å². The molecule has 0 radical (unpaired) electrons. The highest BCUT2D eigenvalue weighted by Crippen LogP contribution is 2.25. The number of nitro groups is 1. The largest absolute Gasteiger partial charge is 0.433 e. The second-order valence-electron chi connectivity index (χ2n) is 3.75. The summed E-state index contributed by atoms with van der Waals surface area (Å²) in [5.74, 6) is 0.146. The van der Waals surface area contributed by atoms with E-state index in [0.29, 0.717) is 5.76 Å². The average Bonchev–Trinajstić information content (AvgIpc) is 2.89. The minimum absolute atomic E-state index is 0.0840. The van der Waals surface area contributed by atoms with Crippen molar-refractivity contribution in [3.63, 3.8) is 0 Å². The van der Waals surface area contributed by atoms with E-state index in [4.69, 9.17) is 10.2 Å². The number of nitrogens with one attached hydrogen (secondary N) is 1. The lowest BCUT2D eigenvalue weighted by Crippen LogP contribution is -2.23. The van der Waals surface area contributed by atoms with Crippen LogP contribution >= 0.6 is 12.2 Å². The second-order valence-corrected chi connectivity index (χ2v) is 4.19. The summed E-state index contributed by atoms with van der Waals surface area (Å²) in [5, 5.41) is 14.4. The number of thiocarbonyl (C=S) groups is 1. The number of nitrogens with two attached hydrogens (primary N) is 1. The molecule has 20 heavy (non-hydrogen) atoms. The molecule has 0 saturated heterocycles. The van der Waals surface area contributed by atoms with Crippen molar-refractivity contribution < 1.29 is 9.34 Å². The van der Waals surface area contributed by atoms with Crippen LogP contribution in [0.5, 0.6) is 0 Å². The summed E-state index contributed by atoms with van der Waals surface area (Å²) in [6, 6.07) is 9.98. The topological polar surface area (TPSA) is 107 Å². The van der Waals surface area contributed by atoms with Gasteiger partial charge in [0, 0.05) is 5.56 Å². The van der Waals surface area contributed by atoms with Crippen LogP contribution in [0.1, 0.15) is 5.56 Å². The molecule has 0 atom stereocenters. The molecule has 8 heteroatoms. The predicted octanol–water partition coefficient (Wildman–Crippen LogP) is 2.02. The molecule has 0 fully saturated rings. The van der Waals surface area contributed by atoms with E-state index in [-0.39, 0.29) is 11.0 Å². The molecule has 0 amide bonds. The van der Waals surface area contributed by atoms with Crippen molar-refractivity contribution >= 4 is 29.4 Å². The molecule has 0 aliphatic heterocycles. The van der Waals surface area contributed by atoms with Gasteiger partial charge in [-0.15, -0.1) is 0 Å². The van der Waals surface area contributed by atoms with Crippen molar-refractivity contribution in [1.29, 1.82) is 0 Å². The van der Waals surface area contributed by atoms with Crippen LogP contribution in [-0.4, -0.2) is 16.3 Å². The van der Waals surface area contributed by atoms with Crippen molar-refractivity contribution in [2.24, 2.45) is 10.8 Å². The van der Waals surface area contributed by atoms with Crippen molar-refractivity contribution in [3.05, 3.63) is 52.1 Å². The Kier molecular flexibility index (Phi) is 4.06. The summed E-state index contributed by atoms with van der Waals surface area (Å²) >= 11 is 4.60. The number of nitrogens with zero attached hydrogens (tertiary/aromatic N) is 2. The molecule has 0 spiro atoms. The van der Waals surface area contributed by atoms with Gasteiger partial charge in [0.05, 0.1) is 12.3 Å². The number of hydrogen-bond acceptors (Lipinski definition) is 5. The van der Waals surface area contributed by atoms with Crippen LogP contribution in [0.4, 0.5) is 5.88 Å². The number of benzene rings is 1. The minimum atomic E-state index is -0.577. The van der Waals surface area contributed by atoms with Gasteiger partial charge in [0.1, 0.15) is 10.7 Å². The molecule has 7 nitrogen and oxygen atoms in total. The van der Waals surface area contributed by atoms with Gasteiger partial charge in [-0.2, -0.15) is 5.10 Å². The Morgan fingerprint density at radius 2 is 2.05 bits per heavy atom. The van der Waals surface area contributed by atoms with E-state index in [1.54, 1.807) is 36.5 Å². The lowest BCUT2D eigenvalue weighted by molar-refractivity contribution is -0.401. The van der Waals surface area contributed by atoms with Crippen LogP contribution < -0.4 is 11.2 Å². The van der Waals surface area contributed by atoms with E-state index in [1.807, 2.05) is 0 Å². The van der Waals surface area contributed by atoms with Gasteiger partial charge < -0.3 is 10.2 Å². The van der Waals surface area contributed by atoms with Crippen LogP contribution in [0, 0.1) is 10.1 Å². The van der Waals surface area contributed by atoms with Crippen molar-refractivity contribution in [1.82, 2.24) is 5.43 Å². The minimum Gasteiger partial charge on any atom is -0.401 e. The van der Waals surface area contributed by atoms with E-state index in [1.165, 1.54) is 6.07 Å². The fraction of sp³-hybridized carbons (Fsp3) is 0. The molecule has 1 aromatic carbocycles. The normalized spacial score (nSPS) is 10.6. The Morgan fingerprint density at radius 3 is 2.60 bits per heavy atom. The first kappa shape index (κ1) is 13.7. The average molecular weight is 290 g/mol. The molecule has 0 bridgehead atoms. The lowest BCUT2D eigenvalue weighted by atomic mass is 10.1. The summed E-state index contributed by atoms with van der Waals surface area (Å²) in [6.45, 7) is 0. The number of furan rings is 1. The van der Waals surface area contributed by atoms with Gasteiger partial charge in [0.2, 0.25) is 0 Å². The SMILES string of the molecule is NC(=S)N/N=C/c1ccc(-c2ccc([N+](=O)[O-])o2)cc1. The van der Waals surface area contributed by atoms with E-state index < -0.39 is 4.92 Å². The van der Waals surface area contributed by atoms with Gasteiger partial charge in [-0.3, -0.25) is 15.5 Å². The van der Waals surface area contributed by atoms with Gasteiger partial charge >= 0.3 is 5.88 Å². The van der Waals surface area contributed by atoms with Gasteiger partial charge in [-0.05, 0) is 23.8 Å². The summed E-state index contributed by atoms with van der Waals surface area (Å²) in [5.41, 5.74) is 9.22. The summed E-state index contributed by atoms with van der Waals surface area (Å²) in [6.07, 6.45) is 1.55. The third-order valence-corrected chi connectivity index (χ3v) is 2.45. The van der Waals surface area contributed by atoms with Crippen molar-refractivity contribution in [3.8, 4) is 11.3 Å². The van der Waals surface area contributed by atoms with Crippen molar-refractivity contribution in [2.45, 2.75) is 0 Å². The molecule has 1 aromatic heterocycles. The fourth-order valence-corrected chi connectivity index (χ4v) is 1.54. The number of hydrogen-bond donors (Lipinski definition) is 2. The molecule has 0 aliphatic carbocycles. The van der Waals surface area contributed by atoms with Gasteiger partial charge in [-0.25, -0.2) is 0 Å². The monoisotopic (exact) mass is 290 g/mol. The first-order valence-corrected chi connectivity index (χ1v) is 5.90. The Balaban J connectivity index is 2.13. The Labute approximate surface area is 119 Å². The quantitative estimate of drug-likeness (QED) is 0.386. The van der Waals surface area contributed by atoms with E-state index in [2.05, 4.69) is 22.7 Å². The highest BCUT2D eigenvalue weighted by atomic mass is 32.1. The second kappa shape index (κ2) is 5.93. The molecular weight excluding hydrogens is 280 g/mol. The van der Waals surface area contributed by atoms with Crippen LogP contribution in [0.15, 0.2) is 45.9 Å². The number of rotatable bonds is 4. The predicted molar refractivity (Wildman–Crippen MR) is 78.3 cm³/mol. The molecule has 3 N–H and O–H groups in total. The third-order valence-electron chi connectivity index (χ3n) is 2.36. The molecule has 102 valence electrons. The zero-order valence-electron chi connectivity index (χ0n) is 10.1. The zero-order chi connectivity index (χ0) is 14.5. The molecule has 0 saturated carbocycles. The highest BCUT2D eigenvalue weighted by Gasteiger charge is 2.12. The smallest absolute Gasteiger partial charge is 0.401 e. The maximum Gasteiger partial charge on any atom is 0.433 e. The lowest BCUT2D eigenvalue weighted by Gasteiger charge is -1.98. The fourth-order valence-electron chi connectivity index (χ4n) is 1.48. The summed E-state index contributed by atoms with van der Waals surface area (Å²) < 4.78 is 5.10. The van der Waals surface area contributed by atoms with Crippen molar-refractivity contribution in [2.75, 3.05) is 0 Å². The van der Waals surface area contributed by atoms with Crippen LogP contribution in [-0.2, 0) is 0 Å². The Morgan fingerprint density at radius 1 is 1.35 bits per heavy atom. The molecule has 0 aliphatic rings. The van der Waals surface area contributed by atoms with E-state index in [9.17, 15) is 10.1 Å². The third kappa shape index (κ3) is 3.39.